The molecule has 1 saturated heterocycles. The van der Waals surface area contributed by atoms with Crippen molar-refractivity contribution in [1.82, 2.24) is 10.3 Å². The summed E-state index contributed by atoms with van der Waals surface area (Å²) in [6.07, 6.45) is 8.28. The first-order chi connectivity index (χ1) is 9.79. The molecule has 1 aromatic rings. The van der Waals surface area contributed by atoms with Crippen LogP contribution in [0.25, 0.3) is 0 Å². The van der Waals surface area contributed by atoms with Gasteiger partial charge >= 0.3 is 0 Å². The summed E-state index contributed by atoms with van der Waals surface area (Å²) < 4.78 is 5.52. The largest absolute Gasteiger partial charge is 0.492 e. The second-order valence-corrected chi connectivity index (χ2v) is 5.43. The second kappa shape index (κ2) is 8.00. The van der Waals surface area contributed by atoms with Crippen LogP contribution in [0.1, 0.15) is 49.4 Å². The molecule has 2 heterocycles. The van der Waals surface area contributed by atoms with E-state index in [2.05, 4.69) is 17.2 Å². The number of ether oxygens (including phenoxy) is 1. The highest BCUT2D eigenvalue weighted by Gasteiger charge is 2.15. The van der Waals surface area contributed by atoms with Gasteiger partial charge in [-0.05, 0) is 50.8 Å². The van der Waals surface area contributed by atoms with Crippen molar-refractivity contribution < 1.29 is 9.53 Å². The van der Waals surface area contributed by atoms with Crippen molar-refractivity contribution in [1.29, 1.82) is 0 Å². The fraction of sp³-hybridized carbons (Fsp3) is 0.625. The maximum Gasteiger partial charge on any atom is 0.164 e. The van der Waals surface area contributed by atoms with Crippen molar-refractivity contribution in [3.63, 3.8) is 0 Å². The van der Waals surface area contributed by atoms with Crippen LogP contribution in [0.5, 0.6) is 5.75 Å². The Morgan fingerprint density at radius 1 is 1.50 bits per heavy atom. The summed E-state index contributed by atoms with van der Waals surface area (Å²) in [5.41, 5.74) is 0.669. The number of nitrogens with one attached hydrogen (secondary N) is 1. The van der Waals surface area contributed by atoms with Crippen LogP contribution < -0.4 is 10.1 Å². The lowest BCUT2D eigenvalue weighted by Crippen LogP contribution is -2.30. The van der Waals surface area contributed by atoms with Crippen LogP contribution in [0.4, 0.5) is 0 Å². The molecule has 0 aromatic carbocycles. The van der Waals surface area contributed by atoms with Crippen molar-refractivity contribution in [2.24, 2.45) is 5.92 Å². The van der Waals surface area contributed by atoms with Gasteiger partial charge in [-0.3, -0.25) is 9.78 Å². The second-order valence-electron chi connectivity index (χ2n) is 5.43. The van der Waals surface area contributed by atoms with Gasteiger partial charge in [-0.1, -0.05) is 6.92 Å². The maximum atomic E-state index is 12.2. The average molecular weight is 276 g/mol. The number of piperidine rings is 1. The minimum Gasteiger partial charge on any atom is -0.492 e. The number of hydrogen-bond donors (Lipinski definition) is 1. The van der Waals surface area contributed by atoms with Crippen LogP contribution in [0, 0.1) is 5.92 Å². The third-order valence-corrected chi connectivity index (χ3v) is 3.69. The molecule has 110 valence electrons. The van der Waals surface area contributed by atoms with Gasteiger partial charge in [0.25, 0.3) is 0 Å². The van der Waals surface area contributed by atoms with Gasteiger partial charge < -0.3 is 10.1 Å². The van der Waals surface area contributed by atoms with Crippen molar-refractivity contribution in [3.8, 4) is 5.75 Å². The highest BCUT2D eigenvalue weighted by Crippen LogP contribution is 2.19. The molecule has 1 fully saturated rings. The van der Waals surface area contributed by atoms with Crippen LogP contribution in [0.2, 0.25) is 0 Å². The molecular weight excluding hydrogens is 252 g/mol. The van der Waals surface area contributed by atoms with Crippen LogP contribution >= 0.6 is 0 Å². The van der Waals surface area contributed by atoms with E-state index < -0.39 is 0 Å². The van der Waals surface area contributed by atoms with E-state index in [-0.39, 0.29) is 5.78 Å². The first-order valence-corrected chi connectivity index (χ1v) is 7.61. The number of aromatic nitrogens is 1. The number of carbonyl (C=O) groups excluding carboxylic acids is 1. The number of ketones is 1. The maximum absolute atomic E-state index is 12.2. The van der Waals surface area contributed by atoms with Crippen molar-refractivity contribution in [3.05, 3.63) is 24.0 Å². The Kier molecular flexibility index (Phi) is 5.99. The van der Waals surface area contributed by atoms with Crippen LogP contribution in [0.15, 0.2) is 18.5 Å². The van der Waals surface area contributed by atoms with Gasteiger partial charge in [0.2, 0.25) is 0 Å². The molecule has 0 radical (unpaired) electrons. The zero-order valence-corrected chi connectivity index (χ0v) is 12.2. The summed E-state index contributed by atoms with van der Waals surface area (Å²) in [5.74, 6) is 1.50. The van der Waals surface area contributed by atoms with E-state index >= 15 is 0 Å². The minimum absolute atomic E-state index is 0.171. The minimum atomic E-state index is 0.171. The highest BCUT2D eigenvalue weighted by molar-refractivity contribution is 5.96. The fourth-order valence-electron chi connectivity index (χ4n) is 2.52. The smallest absolute Gasteiger partial charge is 0.164 e. The molecule has 20 heavy (non-hydrogen) atoms. The molecule has 1 N–H and O–H groups in total. The van der Waals surface area contributed by atoms with Gasteiger partial charge in [-0.15, -0.1) is 0 Å². The van der Waals surface area contributed by atoms with E-state index in [0.717, 1.165) is 25.9 Å². The van der Waals surface area contributed by atoms with E-state index in [1.807, 2.05) is 6.07 Å². The molecule has 1 aromatic heterocycles. The fourth-order valence-corrected chi connectivity index (χ4v) is 2.52. The Labute approximate surface area is 120 Å². The van der Waals surface area contributed by atoms with Gasteiger partial charge in [-0.25, -0.2) is 0 Å². The van der Waals surface area contributed by atoms with Gasteiger partial charge in [0.15, 0.2) is 5.78 Å². The molecule has 0 amide bonds. The Morgan fingerprint density at radius 2 is 2.40 bits per heavy atom. The zero-order valence-electron chi connectivity index (χ0n) is 12.2. The lowest BCUT2D eigenvalue weighted by Gasteiger charge is -2.22. The predicted octanol–water partition coefficient (Wildman–Crippen LogP) is 2.83. The van der Waals surface area contributed by atoms with Crippen LogP contribution in [-0.2, 0) is 0 Å². The molecule has 2 rings (SSSR count). The van der Waals surface area contributed by atoms with Crippen molar-refractivity contribution in [2.75, 3.05) is 19.7 Å². The number of pyridine rings is 1. The van der Waals surface area contributed by atoms with Gasteiger partial charge in [0, 0.05) is 18.2 Å². The van der Waals surface area contributed by atoms with E-state index in [1.165, 1.54) is 12.8 Å². The van der Waals surface area contributed by atoms with Crippen LogP contribution in [0.3, 0.4) is 0 Å². The molecule has 4 heteroatoms. The standard InChI is InChI=1S/C16H24N2O2/c1-2-8-20-15-9-14(11-18-12-15)16(19)6-5-13-4-3-7-17-10-13/h9,11-13,17H,2-8,10H2,1H3. The van der Waals surface area contributed by atoms with Crippen molar-refractivity contribution >= 4 is 5.78 Å². The molecular formula is C16H24N2O2. The van der Waals surface area contributed by atoms with Gasteiger partial charge in [-0.2, -0.15) is 0 Å². The van der Waals surface area contributed by atoms with E-state index in [1.54, 1.807) is 12.4 Å². The van der Waals surface area contributed by atoms with Gasteiger partial charge in [0.05, 0.1) is 12.8 Å². The number of nitrogens with zero attached hydrogens (tertiary/aromatic N) is 1. The summed E-state index contributed by atoms with van der Waals surface area (Å²) >= 11 is 0. The van der Waals surface area contributed by atoms with E-state index in [9.17, 15) is 4.79 Å². The summed E-state index contributed by atoms with van der Waals surface area (Å²) in [4.78, 5) is 16.3. The normalized spacial score (nSPS) is 18.8. The molecule has 0 spiro atoms. The zero-order chi connectivity index (χ0) is 14.2. The number of carbonyl (C=O) groups is 1. The third kappa shape index (κ3) is 4.60. The molecule has 0 aliphatic carbocycles. The monoisotopic (exact) mass is 276 g/mol. The quantitative estimate of drug-likeness (QED) is 0.778. The number of Topliss-reactive ketones (excluding diaryl/α,β-unsaturated/α-hetero) is 1. The molecule has 0 saturated carbocycles. The predicted molar refractivity (Wildman–Crippen MR) is 79.2 cm³/mol. The Balaban J connectivity index is 1.84. The van der Waals surface area contributed by atoms with E-state index in [4.69, 9.17) is 4.74 Å². The summed E-state index contributed by atoms with van der Waals surface area (Å²) in [7, 11) is 0. The first kappa shape index (κ1) is 15.0. The van der Waals surface area contributed by atoms with Crippen LogP contribution in [-0.4, -0.2) is 30.5 Å². The molecule has 4 nitrogen and oxygen atoms in total. The highest BCUT2D eigenvalue weighted by atomic mass is 16.5. The Morgan fingerprint density at radius 3 is 3.15 bits per heavy atom. The van der Waals surface area contributed by atoms with E-state index in [0.29, 0.717) is 30.3 Å². The summed E-state index contributed by atoms with van der Waals surface area (Å²) in [6, 6.07) is 1.81. The summed E-state index contributed by atoms with van der Waals surface area (Å²) in [6.45, 7) is 4.88. The Hall–Kier alpha value is -1.42. The molecule has 1 aliphatic rings. The summed E-state index contributed by atoms with van der Waals surface area (Å²) in [5, 5.41) is 3.39. The number of rotatable bonds is 7. The average Bonchev–Trinajstić information content (AvgIpc) is 2.52. The lowest BCUT2D eigenvalue weighted by atomic mass is 9.93. The molecule has 1 atom stereocenters. The van der Waals surface area contributed by atoms with Gasteiger partial charge in [0.1, 0.15) is 5.75 Å². The SMILES string of the molecule is CCCOc1cncc(C(=O)CCC2CCCNC2)c1. The molecule has 1 unspecified atom stereocenters. The first-order valence-electron chi connectivity index (χ1n) is 7.61. The third-order valence-electron chi connectivity index (χ3n) is 3.69. The van der Waals surface area contributed by atoms with Crippen molar-refractivity contribution in [2.45, 2.75) is 39.0 Å². The topological polar surface area (TPSA) is 51.2 Å². The lowest BCUT2D eigenvalue weighted by molar-refractivity contribution is 0.0970. The Bertz CT molecular complexity index is 428. The number of hydrogen-bond acceptors (Lipinski definition) is 4. The molecule has 1 aliphatic heterocycles. The molecule has 0 bridgehead atoms.